The number of aromatic nitrogens is 2. The monoisotopic (exact) mass is 666 g/mol. The number of nitrogens with zero attached hydrogens (tertiary/aromatic N) is 6. The number of likely N-dealkylation sites (tertiary alicyclic amines) is 1. The van der Waals surface area contributed by atoms with Crippen LogP contribution in [0.15, 0.2) is 55.4 Å². The molecule has 4 heterocycles. The Labute approximate surface area is 280 Å². The van der Waals surface area contributed by atoms with Crippen molar-refractivity contribution in [2.24, 2.45) is 0 Å². The Hall–Kier alpha value is -3.61. The molecule has 3 saturated heterocycles. The smallest absolute Gasteiger partial charge is 0.247 e. The van der Waals surface area contributed by atoms with E-state index in [1.54, 1.807) is 24.3 Å². The maximum absolute atomic E-state index is 12.5. The van der Waals surface area contributed by atoms with Gasteiger partial charge in [0.05, 0.1) is 46.9 Å². The van der Waals surface area contributed by atoms with Gasteiger partial charge in [0, 0.05) is 50.8 Å². The molecular weight excluding hydrogens is 627 g/mol. The summed E-state index contributed by atoms with van der Waals surface area (Å²) in [4.78, 5) is 34.8. The molecular formula is C33H40Cl2N8O3. The van der Waals surface area contributed by atoms with Gasteiger partial charge in [-0.15, -0.1) is 0 Å². The largest absolute Gasteiger partial charge is 0.494 e. The Morgan fingerprint density at radius 1 is 1.04 bits per heavy atom. The molecule has 3 aliphatic rings. The number of hydrogen-bond donors (Lipinski definition) is 2. The number of carbonyl (C=O) groups excluding carboxylic acids is 1. The number of benzene rings is 2. The van der Waals surface area contributed by atoms with Crippen LogP contribution in [0, 0.1) is 0 Å². The van der Waals surface area contributed by atoms with Gasteiger partial charge in [0.2, 0.25) is 5.91 Å². The number of rotatable bonds is 9. The molecule has 1 aromatic heterocycles. The maximum atomic E-state index is 12.5. The van der Waals surface area contributed by atoms with Crippen molar-refractivity contribution in [3.63, 3.8) is 0 Å². The van der Waals surface area contributed by atoms with E-state index in [2.05, 4.69) is 48.9 Å². The Kier molecular flexibility index (Phi) is 10.1. The van der Waals surface area contributed by atoms with E-state index in [4.69, 9.17) is 32.8 Å². The van der Waals surface area contributed by atoms with Gasteiger partial charge in [-0.2, -0.15) is 0 Å². The van der Waals surface area contributed by atoms with E-state index in [-0.39, 0.29) is 11.9 Å². The molecule has 2 N–H and O–H groups in total. The van der Waals surface area contributed by atoms with Crippen LogP contribution in [0.4, 0.5) is 28.7 Å². The molecule has 0 aliphatic carbocycles. The molecule has 2 aromatic carbocycles. The molecule has 0 spiro atoms. The Morgan fingerprint density at radius 2 is 1.83 bits per heavy atom. The van der Waals surface area contributed by atoms with Crippen LogP contribution in [-0.4, -0.2) is 91.7 Å². The summed E-state index contributed by atoms with van der Waals surface area (Å²) in [6.07, 6.45) is 5.88. The standard InChI is InChI=1S/C33H40Cl2N8O3/c1-4-32(44)39-25-18-26(29(45-3)19-28(25)42-15-13-41(14-16-42)22-8-11-40(2)12-9-22)38-30-20-31(37-21-36-30)43-27(10-17-46-43)23-6-5-7-24(34)33(23)35/h4-7,18-22,27H,1,8-17H2,2-3H3,(H,39,44)(H,36,37,38). The van der Waals surface area contributed by atoms with Crippen molar-refractivity contribution in [1.29, 1.82) is 0 Å². The van der Waals surface area contributed by atoms with Crippen LogP contribution in [0.25, 0.3) is 0 Å². The summed E-state index contributed by atoms with van der Waals surface area (Å²) in [5.74, 6) is 1.42. The number of amides is 1. The number of halogens is 2. The molecule has 3 aliphatic heterocycles. The van der Waals surface area contributed by atoms with Crippen molar-refractivity contribution in [1.82, 2.24) is 19.8 Å². The van der Waals surface area contributed by atoms with Gasteiger partial charge in [0.25, 0.3) is 0 Å². The number of ether oxygens (including phenoxy) is 1. The number of methoxy groups -OCH3 is 1. The minimum Gasteiger partial charge on any atom is -0.494 e. The average Bonchev–Trinajstić information content (AvgIpc) is 3.57. The Balaban J connectivity index is 1.23. The topological polar surface area (TPSA) is 98.3 Å². The highest BCUT2D eigenvalue weighted by Gasteiger charge is 2.32. The first kappa shape index (κ1) is 32.3. The number of piperazine rings is 1. The highest BCUT2D eigenvalue weighted by molar-refractivity contribution is 6.42. The molecule has 0 saturated carbocycles. The van der Waals surface area contributed by atoms with Crippen LogP contribution in [0.2, 0.25) is 10.0 Å². The normalized spacial score (nSPS) is 19.7. The van der Waals surface area contributed by atoms with Gasteiger partial charge in [-0.25, -0.2) is 15.0 Å². The number of anilines is 5. The zero-order valence-corrected chi connectivity index (χ0v) is 27.7. The average molecular weight is 668 g/mol. The Bertz CT molecular complexity index is 1560. The summed E-state index contributed by atoms with van der Waals surface area (Å²) in [5, 5.41) is 9.10. The summed E-state index contributed by atoms with van der Waals surface area (Å²) in [6, 6.07) is 11.7. The van der Waals surface area contributed by atoms with E-state index < -0.39 is 0 Å². The summed E-state index contributed by atoms with van der Waals surface area (Å²) in [5.41, 5.74) is 3.06. The fraction of sp³-hybridized carbons (Fsp3) is 0.424. The molecule has 0 bridgehead atoms. The lowest BCUT2D eigenvalue weighted by Gasteiger charge is -2.43. The molecule has 11 nitrogen and oxygen atoms in total. The van der Waals surface area contributed by atoms with Gasteiger partial charge >= 0.3 is 0 Å². The van der Waals surface area contributed by atoms with Crippen molar-refractivity contribution in [2.45, 2.75) is 31.3 Å². The molecule has 0 radical (unpaired) electrons. The van der Waals surface area contributed by atoms with E-state index in [0.29, 0.717) is 51.5 Å². The number of hydrogen-bond acceptors (Lipinski definition) is 10. The maximum Gasteiger partial charge on any atom is 0.247 e. The van der Waals surface area contributed by atoms with Gasteiger partial charge in [-0.05, 0) is 56.8 Å². The first-order valence-electron chi connectivity index (χ1n) is 15.6. The number of nitrogens with one attached hydrogen (secondary N) is 2. The molecule has 3 aromatic rings. The van der Waals surface area contributed by atoms with E-state index in [1.807, 2.05) is 24.3 Å². The fourth-order valence-electron chi connectivity index (χ4n) is 6.50. The van der Waals surface area contributed by atoms with Crippen LogP contribution in [0.5, 0.6) is 5.75 Å². The summed E-state index contributed by atoms with van der Waals surface area (Å²) in [7, 11) is 3.83. The zero-order valence-electron chi connectivity index (χ0n) is 26.2. The Morgan fingerprint density at radius 3 is 2.57 bits per heavy atom. The van der Waals surface area contributed by atoms with Gasteiger partial charge < -0.3 is 25.2 Å². The lowest BCUT2D eigenvalue weighted by atomic mass is 10.0. The molecule has 244 valence electrons. The number of piperidine rings is 1. The van der Waals surface area contributed by atoms with Crippen LogP contribution in [-0.2, 0) is 9.63 Å². The third-order valence-electron chi connectivity index (χ3n) is 9.01. The summed E-state index contributed by atoms with van der Waals surface area (Å²) in [6.45, 7) is 10.1. The van der Waals surface area contributed by atoms with Crippen molar-refractivity contribution in [3.05, 3.63) is 71.0 Å². The second kappa shape index (κ2) is 14.4. The first-order valence-corrected chi connectivity index (χ1v) is 16.4. The van der Waals surface area contributed by atoms with E-state index in [1.165, 1.54) is 25.2 Å². The second-order valence-corrected chi connectivity index (χ2v) is 12.6. The molecule has 1 amide bonds. The van der Waals surface area contributed by atoms with E-state index in [0.717, 1.165) is 56.9 Å². The molecule has 1 unspecified atom stereocenters. The number of hydroxylamine groups is 1. The van der Waals surface area contributed by atoms with Crippen molar-refractivity contribution in [2.75, 3.05) is 80.6 Å². The summed E-state index contributed by atoms with van der Waals surface area (Å²) >= 11 is 12.9. The highest BCUT2D eigenvalue weighted by Crippen LogP contribution is 2.41. The minimum atomic E-state index is -0.288. The van der Waals surface area contributed by atoms with Crippen LogP contribution >= 0.6 is 23.2 Å². The van der Waals surface area contributed by atoms with Gasteiger partial charge in [0.15, 0.2) is 5.82 Å². The molecule has 3 fully saturated rings. The third kappa shape index (κ3) is 7.03. The third-order valence-corrected chi connectivity index (χ3v) is 9.84. The fourth-order valence-corrected chi connectivity index (χ4v) is 6.93. The van der Waals surface area contributed by atoms with Crippen LogP contribution < -0.4 is 25.3 Å². The SMILES string of the molecule is C=CC(=O)Nc1cc(Nc2cc(N3OCCC3c3cccc(Cl)c3Cl)ncn2)c(OC)cc1N1CCN(C2CCN(C)CC2)CC1. The van der Waals surface area contributed by atoms with Gasteiger partial charge in [-0.1, -0.05) is 41.9 Å². The lowest BCUT2D eigenvalue weighted by Crippen LogP contribution is -2.53. The van der Waals surface area contributed by atoms with Gasteiger partial charge in [0.1, 0.15) is 17.9 Å². The molecule has 1 atom stereocenters. The first-order chi connectivity index (χ1) is 22.3. The zero-order chi connectivity index (χ0) is 32.2. The lowest BCUT2D eigenvalue weighted by molar-refractivity contribution is -0.111. The molecule has 46 heavy (non-hydrogen) atoms. The predicted molar refractivity (Wildman–Crippen MR) is 184 cm³/mol. The summed E-state index contributed by atoms with van der Waals surface area (Å²) < 4.78 is 5.85. The van der Waals surface area contributed by atoms with Crippen molar-refractivity contribution < 1.29 is 14.4 Å². The van der Waals surface area contributed by atoms with E-state index >= 15 is 0 Å². The van der Waals surface area contributed by atoms with Crippen molar-refractivity contribution >= 4 is 57.8 Å². The predicted octanol–water partition coefficient (Wildman–Crippen LogP) is 5.76. The second-order valence-electron chi connectivity index (χ2n) is 11.8. The number of carbonyl (C=O) groups is 1. The van der Waals surface area contributed by atoms with Gasteiger partial charge in [-0.3, -0.25) is 14.5 Å². The quantitative estimate of drug-likeness (QED) is 0.274. The highest BCUT2D eigenvalue weighted by atomic mass is 35.5. The minimum absolute atomic E-state index is 0.164. The van der Waals surface area contributed by atoms with E-state index in [9.17, 15) is 4.79 Å². The van der Waals surface area contributed by atoms with Crippen LogP contribution in [0.1, 0.15) is 30.9 Å². The molecule has 13 heteroatoms. The molecule has 6 rings (SSSR count). The van der Waals surface area contributed by atoms with Crippen LogP contribution in [0.3, 0.4) is 0 Å². The van der Waals surface area contributed by atoms with Crippen molar-refractivity contribution in [3.8, 4) is 5.75 Å².